The molecule has 1 unspecified atom stereocenters. The Bertz CT molecular complexity index is 1430. The molecule has 0 spiro atoms. The molecule has 226 valence electrons. The zero-order valence-electron chi connectivity index (χ0n) is 23.7. The summed E-state index contributed by atoms with van der Waals surface area (Å²) in [5.74, 6) is -0.599. The summed E-state index contributed by atoms with van der Waals surface area (Å²) in [4.78, 5) is 29.0. The third-order valence-corrected chi connectivity index (χ3v) is 8.88. The number of sulfonamides is 1. The molecule has 0 heterocycles. The number of amides is 2. The molecule has 11 heteroatoms. The molecule has 7 nitrogen and oxygen atoms in total. The Kier molecular flexibility index (Phi) is 13.0. The van der Waals surface area contributed by atoms with Crippen LogP contribution in [0.25, 0.3) is 0 Å². The van der Waals surface area contributed by atoms with E-state index >= 15 is 0 Å². The molecule has 3 aromatic rings. The van der Waals surface area contributed by atoms with Crippen LogP contribution >= 0.6 is 34.8 Å². The second-order valence-electron chi connectivity index (χ2n) is 9.99. The highest BCUT2D eigenvalue weighted by Gasteiger charge is 2.31. The van der Waals surface area contributed by atoms with E-state index in [-0.39, 0.29) is 44.2 Å². The average Bonchev–Trinajstić information content (AvgIpc) is 2.94. The van der Waals surface area contributed by atoms with Gasteiger partial charge in [-0.2, -0.15) is 0 Å². The fourth-order valence-corrected chi connectivity index (χ4v) is 6.21. The van der Waals surface area contributed by atoms with Crippen molar-refractivity contribution in [2.24, 2.45) is 0 Å². The molecule has 3 rings (SSSR count). The molecule has 0 aliphatic rings. The van der Waals surface area contributed by atoms with Gasteiger partial charge >= 0.3 is 0 Å². The topological polar surface area (TPSA) is 86.8 Å². The molecule has 0 saturated heterocycles. The van der Waals surface area contributed by atoms with Crippen molar-refractivity contribution in [3.63, 3.8) is 0 Å². The van der Waals surface area contributed by atoms with Crippen LogP contribution in [0.4, 0.5) is 5.69 Å². The number of unbranched alkanes of at least 4 members (excludes halogenated alkanes) is 1. The van der Waals surface area contributed by atoms with Crippen LogP contribution in [-0.4, -0.2) is 50.5 Å². The molecule has 0 aliphatic carbocycles. The van der Waals surface area contributed by atoms with Gasteiger partial charge in [-0.25, -0.2) is 8.42 Å². The Labute approximate surface area is 263 Å². The summed E-state index contributed by atoms with van der Waals surface area (Å²) in [6, 6.07) is 20.3. The first kappa shape index (κ1) is 33.7. The number of halogens is 3. The van der Waals surface area contributed by atoms with E-state index in [1.54, 1.807) is 42.5 Å². The molecule has 2 amide bonds. The van der Waals surface area contributed by atoms with Gasteiger partial charge in [-0.05, 0) is 48.7 Å². The highest BCUT2D eigenvalue weighted by molar-refractivity contribution is 7.92. The minimum absolute atomic E-state index is 0.0117. The van der Waals surface area contributed by atoms with Gasteiger partial charge in [0, 0.05) is 53.1 Å². The van der Waals surface area contributed by atoms with E-state index in [1.165, 1.54) is 9.21 Å². The van der Waals surface area contributed by atoms with Crippen LogP contribution in [0, 0.1) is 0 Å². The molecule has 42 heavy (non-hydrogen) atoms. The molecular weight excluding hydrogens is 617 g/mol. The number of hydrogen-bond acceptors (Lipinski definition) is 4. The molecule has 1 N–H and O–H groups in total. The van der Waals surface area contributed by atoms with Crippen LogP contribution in [0.2, 0.25) is 15.1 Å². The van der Waals surface area contributed by atoms with Crippen molar-refractivity contribution in [1.29, 1.82) is 0 Å². The minimum Gasteiger partial charge on any atom is -0.354 e. The first-order chi connectivity index (χ1) is 20.0. The summed E-state index contributed by atoms with van der Waals surface area (Å²) < 4.78 is 26.4. The number of benzene rings is 3. The van der Waals surface area contributed by atoms with Crippen molar-refractivity contribution >= 4 is 62.3 Å². The standard InChI is InChI=1S/C31H36Cl3N3O4S/c1-3-4-18-35-31(39)29(20-23-11-6-5-7-12-23)36(22-26-27(33)15-9-16-28(26)34)30(38)17-10-19-37(42(2,40)41)25-14-8-13-24(32)21-25/h5-9,11-16,21,29H,3-4,10,17-20,22H2,1-2H3,(H,35,39). The van der Waals surface area contributed by atoms with Gasteiger partial charge in [0.2, 0.25) is 21.8 Å². The quantitative estimate of drug-likeness (QED) is 0.184. The number of anilines is 1. The van der Waals surface area contributed by atoms with Crippen molar-refractivity contribution in [3.8, 4) is 0 Å². The van der Waals surface area contributed by atoms with Gasteiger partial charge in [-0.3, -0.25) is 13.9 Å². The van der Waals surface area contributed by atoms with Gasteiger partial charge in [-0.1, -0.05) is 90.6 Å². The van der Waals surface area contributed by atoms with E-state index < -0.39 is 16.1 Å². The van der Waals surface area contributed by atoms with E-state index in [1.807, 2.05) is 37.3 Å². The fourth-order valence-electron chi connectivity index (χ4n) is 4.55. The molecule has 0 saturated carbocycles. The second kappa shape index (κ2) is 16.2. The van der Waals surface area contributed by atoms with Crippen molar-refractivity contribution < 1.29 is 18.0 Å². The minimum atomic E-state index is -3.65. The van der Waals surface area contributed by atoms with Gasteiger partial charge in [0.05, 0.1) is 11.9 Å². The maximum absolute atomic E-state index is 13.9. The molecule has 3 aromatic carbocycles. The fraction of sp³-hybridized carbons (Fsp3) is 0.355. The van der Waals surface area contributed by atoms with Gasteiger partial charge in [0.25, 0.3) is 0 Å². The molecule has 0 fully saturated rings. The molecule has 0 bridgehead atoms. The zero-order valence-corrected chi connectivity index (χ0v) is 26.8. The normalized spacial score (nSPS) is 12.0. The summed E-state index contributed by atoms with van der Waals surface area (Å²) >= 11 is 19.1. The summed E-state index contributed by atoms with van der Waals surface area (Å²) in [6.07, 6.45) is 3.30. The maximum atomic E-state index is 13.9. The van der Waals surface area contributed by atoms with Gasteiger partial charge in [0.1, 0.15) is 6.04 Å². The van der Waals surface area contributed by atoms with Crippen LogP contribution < -0.4 is 9.62 Å². The Morgan fingerprint density at radius 2 is 1.57 bits per heavy atom. The summed E-state index contributed by atoms with van der Waals surface area (Å²) in [5.41, 5.74) is 1.83. The molecule has 0 aromatic heterocycles. The number of carbonyl (C=O) groups excluding carboxylic acids is 2. The third-order valence-electron chi connectivity index (χ3n) is 6.74. The Morgan fingerprint density at radius 1 is 0.905 bits per heavy atom. The zero-order chi connectivity index (χ0) is 30.7. The monoisotopic (exact) mass is 651 g/mol. The lowest BCUT2D eigenvalue weighted by atomic mass is 10.0. The van der Waals surface area contributed by atoms with Crippen molar-refractivity contribution in [2.75, 3.05) is 23.7 Å². The molecular formula is C31H36Cl3N3O4S. The van der Waals surface area contributed by atoms with E-state index in [4.69, 9.17) is 34.8 Å². The lowest BCUT2D eigenvalue weighted by Crippen LogP contribution is -2.50. The highest BCUT2D eigenvalue weighted by atomic mass is 35.5. The second-order valence-corrected chi connectivity index (χ2v) is 13.1. The van der Waals surface area contributed by atoms with Crippen molar-refractivity contribution in [3.05, 3.63) is 99.0 Å². The summed E-state index contributed by atoms with van der Waals surface area (Å²) in [6.45, 7) is 2.59. The third kappa shape index (κ3) is 9.90. The smallest absolute Gasteiger partial charge is 0.243 e. The van der Waals surface area contributed by atoms with Gasteiger partial charge < -0.3 is 10.2 Å². The van der Waals surface area contributed by atoms with Crippen LogP contribution in [0.3, 0.4) is 0 Å². The van der Waals surface area contributed by atoms with Crippen molar-refractivity contribution in [1.82, 2.24) is 10.2 Å². The first-order valence-corrected chi connectivity index (χ1v) is 16.8. The number of carbonyl (C=O) groups is 2. The van der Waals surface area contributed by atoms with E-state index in [2.05, 4.69) is 5.32 Å². The van der Waals surface area contributed by atoms with Gasteiger partial charge in [0.15, 0.2) is 0 Å². The summed E-state index contributed by atoms with van der Waals surface area (Å²) in [5, 5.41) is 4.14. The molecule has 1 atom stereocenters. The maximum Gasteiger partial charge on any atom is 0.243 e. The Balaban J connectivity index is 1.91. The van der Waals surface area contributed by atoms with Crippen LogP contribution in [0.1, 0.15) is 43.7 Å². The number of nitrogens with one attached hydrogen (secondary N) is 1. The summed E-state index contributed by atoms with van der Waals surface area (Å²) in [7, 11) is -3.65. The van der Waals surface area contributed by atoms with E-state index in [0.717, 1.165) is 24.7 Å². The lowest BCUT2D eigenvalue weighted by Gasteiger charge is -2.32. The van der Waals surface area contributed by atoms with Crippen LogP contribution in [-0.2, 0) is 32.6 Å². The number of nitrogens with zero attached hydrogens (tertiary/aromatic N) is 2. The van der Waals surface area contributed by atoms with E-state index in [9.17, 15) is 18.0 Å². The van der Waals surface area contributed by atoms with Gasteiger partial charge in [-0.15, -0.1) is 0 Å². The highest BCUT2D eigenvalue weighted by Crippen LogP contribution is 2.28. The predicted octanol–water partition coefficient (Wildman–Crippen LogP) is 6.75. The molecule has 0 aliphatic heterocycles. The lowest BCUT2D eigenvalue weighted by molar-refractivity contribution is -0.141. The molecule has 0 radical (unpaired) electrons. The Morgan fingerprint density at radius 3 is 2.19 bits per heavy atom. The number of rotatable bonds is 15. The first-order valence-electron chi connectivity index (χ1n) is 13.8. The number of hydrogen-bond donors (Lipinski definition) is 1. The largest absolute Gasteiger partial charge is 0.354 e. The van der Waals surface area contributed by atoms with Crippen LogP contribution in [0.15, 0.2) is 72.8 Å². The van der Waals surface area contributed by atoms with Crippen LogP contribution in [0.5, 0.6) is 0 Å². The van der Waals surface area contributed by atoms with Crippen molar-refractivity contribution in [2.45, 2.75) is 51.6 Å². The SMILES string of the molecule is CCCCNC(=O)C(Cc1ccccc1)N(Cc1c(Cl)cccc1Cl)C(=O)CCCN(c1cccc(Cl)c1)S(C)(=O)=O. The average molecular weight is 653 g/mol. The van der Waals surface area contributed by atoms with E-state index in [0.29, 0.717) is 32.9 Å². The predicted molar refractivity (Wildman–Crippen MR) is 172 cm³/mol. The Hall–Kier alpha value is -2.78.